The summed E-state index contributed by atoms with van der Waals surface area (Å²) in [4.78, 5) is 15.6. The van der Waals surface area contributed by atoms with Crippen molar-refractivity contribution in [2.45, 2.75) is 25.6 Å². The van der Waals surface area contributed by atoms with Gasteiger partial charge in [0.15, 0.2) is 17.0 Å². The summed E-state index contributed by atoms with van der Waals surface area (Å²) in [6, 6.07) is 3.78. The SMILES string of the molecule is CN(C)c1nc(NCc2ccco2)c2ncn(C3CCCO3)c2n1. The van der Waals surface area contributed by atoms with Crippen LogP contribution in [0.1, 0.15) is 24.8 Å². The molecule has 0 amide bonds. The molecule has 1 aliphatic rings. The van der Waals surface area contributed by atoms with Crippen LogP contribution in [-0.2, 0) is 11.3 Å². The molecule has 0 bridgehead atoms. The summed E-state index contributed by atoms with van der Waals surface area (Å²) in [5, 5.41) is 3.30. The van der Waals surface area contributed by atoms with Crippen molar-refractivity contribution in [2.75, 3.05) is 30.9 Å². The van der Waals surface area contributed by atoms with Gasteiger partial charge in [-0.2, -0.15) is 9.97 Å². The van der Waals surface area contributed by atoms with Crippen LogP contribution in [0, 0.1) is 0 Å². The quantitative estimate of drug-likeness (QED) is 0.770. The predicted octanol–water partition coefficient (Wildman–Crippen LogP) is 2.41. The first-order valence-electron chi connectivity index (χ1n) is 8.02. The summed E-state index contributed by atoms with van der Waals surface area (Å²) < 4.78 is 13.1. The normalized spacial score (nSPS) is 17.5. The predicted molar refractivity (Wildman–Crippen MR) is 89.9 cm³/mol. The van der Waals surface area contributed by atoms with Crippen LogP contribution in [-0.4, -0.2) is 40.2 Å². The highest BCUT2D eigenvalue weighted by Gasteiger charge is 2.22. The Balaban J connectivity index is 1.73. The number of nitrogens with zero attached hydrogens (tertiary/aromatic N) is 5. The molecular formula is C16H20N6O2. The largest absolute Gasteiger partial charge is 0.467 e. The highest BCUT2D eigenvalue weighted by Crippen LogP contribution is 2.29. The molecule has 0 radical (unpaired) electrons. The average Bonchev–Trinajstić information content (AvgIpc) is 3.31. The molecule has 3 aromatic rings. The maximum atomic E-state index is 5.78. The van der Waals surface area contributed by atoms with E-state index in [0.29, 0.717) is 18.3 Å². The van der Waals surface area contributed by atoms with Crippen LogP contribution < -0.4 is 10.2 Å². The van der Waals surface area contributed by atoms with Crippen LogP contribution in [0.3, 0.4) is 0 Å². The van der Waals surface area contributed by atoms with Crippen molar-refractivity contribution in [3.05, 3.63) is 30.5 Å². The third-order valence-corrected chi connectivity index (χ3v) is 4.04. The molecule has 4 rings (SSSR count). The smallest absolute Gasteiger partial charge is 0.228 e. The molecule has 8 heteroatoms. The van der Waals surface area contributed by atoms with Crippen LogP contribution >= 0.6 is 0 Å². The second kappa shape index (κ2) is 6.12. The Labute approximate surface area is 139 Å². The summed E-state index contributed by atoms with van der Waals surface area (Å²) in [6.07, 6.45) is 5.47. The average molecular weight is 328 g/mol. The van der Waals surface area contributed by atoms with Gasteiger partial charge in [-0.15, -0.1) is 0 Å². The first-order chi connectivity index (χ1) is 11.7. The maximum absolute atomic E-state index is 5.78. The van der Waals surface area contributed by atoms with Gasteiger partial charge in [-0.1, -0.05) is 0 Å². The van der Waals surface area contributed by atoms with E-state index in [1.807, 2.05) is 35.7 Å². The zero-order chi connectivity index (χ0) is 16.5. The Morgan fingerprint density at radius 2 is 2.29 bits per heavy atom. The second-order valence-corrected chi connectivity index (χ2v) is 5.99. The Hall–Kier alpha value is -2.61. The fourth-order valence-electron chi connectivity index (χ4n) is 2.80. The van der Waals surface area contributed by atoms with E-state index in [1.54, 1.807) is 12.6 Å². The van der Waals surface area contributed by atoms with Crippen LogP contribution in [0.4, 0.5) is 11.8 Å². The van der Waals surface area contributed by atoms with Crippen LogP contribution in [0.2, 0.25) is 0 Å². The molecule has 1 fully saturated rings. The van der Waals surface area contributed by atoms with E-state index >= 15 is 0 Å². The molecular weight excluding hydrogens is 308 g/mol. The van der Waals surface area contributed by atoms with Gasteiger partial charge in [-0.3, -0.25) is 4.57 Å². The van der Waals surface area contributed by atoms with Gasteiger partial charge in [0, 0.05) is 20.7 Å². The van der Waals surface area contributed by atoms with Gasteiger partial charge < -0.3 is 19.4 Å². The lowest BCUT2D eigenvalue weighted by molar-refractivity contribution is 0.0593. The topological polar surface area (TPSA) is 81.2 Å². The molecule has 1 unspecified atom stereocenters. The van der Waals surface area contributed by atoms with Crippen molar-refractivity contribution in [2.24, 2.45) is 0 Å². The zero-order valence-corrected chi connectivity index (χ0v) is 13.8. The van der Waals surface area contributed by atoms with Gasteiger partial charge >= 0.3 is 0 Å². The Morgan fingerprint density at radius 1 is 1.38 bits per heavy atom. The lowest BCUT2D eigenvalue weighted by Crippen LogP contribution is -2.15. The van der Waals surface area contributed by atoms with Gasteiger partial charge in [-0.05, 0) is 25.0 Å². The molecule has 1 saturated heterocycles. The standard InChI is InChI=1S/C16H20N6O2/c1-21(2)16-19-14(17-9-11-5-3-7-23-11)13-15(20-16)22(10-18-13)12-6-4-8-24-12/h3,5,7,10,12H,4,6,8-9H2,1-2H3,(H,17,19,20). The van der Waals surface area contributed by atoms with Crippen LogP contribution in [0.15, 0.2) is 29.1 Å². The molecule has 0 aliphatic carbocycles. The summed E-state index contributed by atoms with van der Waals surface area (Å²) in [7, 11) is 3.84. The van der Waals surface area contributed by atoms with Gasteiger partial charge in [0.25, 0.3) is 0 Å². The first kappa shape index (κ1) is 14.9. The fourth-order valence-corrected chi connectivity index (χ4v) is 2.80. The van der Waals surface area contributed by atoms with Crippen molar-refractivity contribution < 1.29 is 9.15 Å². The molecule has 8 nitrogen and oxygen atoms in total. The third-order valence-electron chi connectivity index (χ3n) is 4.04. The highest BCUT2D eigenvalue weighted by molar-refractivity contribution is 5.84. The molecule has 3 aromatic heterocycles. The number of anilines is 2. The van der Waals surface area contributed by atoms with Crippen molar-refractivity contribution in [3.8, 4) is 0 Å². The zero-order valence-electron chi connectivity index (χ0n) is 13.8. The molecule has 1 N–H and O–H groups in total. The Morgan fingerprint density at radius 3 is 3.00 bits per heavy atom. The third kappa shape index (κ3) is 2.69. The van der Waals surface area contributed by atoms with E-state index < -0.39 is 0 Å². The summed E-state index contributed by atoms with van der Waals surface area (Å²) in [6.45, 7) is 1.32. The molecule has 1 aliphatic heterocycles. The minimum atomic E-state index is -0.00200. The number of hydrogen-bond acceptors (Lipinski definition) is 7. The van der Waals surface area contributed by atoms with Gasteiger partial charge in [0.2, 0.25) is 5.95 Å². The number of fused-ring (bicyclic) bond motifs is 1. The number of ether oxygens (including phenoxy) is 1. The molecule has 0 saturated carbocycles. The van der Waals surface area contributed by atoms with E-state index in [1.165, 1.54) is 0 Å². The Kier molecular flexibility index (Phi) is 3.81. The minimum absolute atomic E-state index is 0.00200. The molecule has 0 spiro atoms. The molecule has 0 aromatic carbocycles. The summed E-state index contributed by atoms with van der Waals surface area (Å²) in [5.41, 5.74) is 1.52. The fraction of sp³-hybridized carbons (Fsp3) is 0.438. The summed E-state index contributed by atoms with van der Waals surface area (Å²) in [5.74, 6) is 2.16. The van der Waals surface area contributed by atoms with Crippen molar-refractivity contribution in [1.82, 2.24) is 19.5 Å². The van der Waals surface area contributed by atoms with Gasteiger partial charge in [-0.25, -0.2) is 4.98 Å². The molecule has 4 heterocycles. The van der Waals surface area contributed by atoms with E-state index in [0.717, 1.165) is 36.4 Å². The number of aromatic nitrogens is 4. The number of hydrogen-bond donors (Lipinski definition) is 1. The van der Waals surface area contributed by atoms with E-state index in [9.17, 15) is 0 Å². The first-order valence-corrected chi connectivity index (χ1v) is 8.02. The van der Waals surface area contributed by atoms with Gasteiger partial charge in [0.1, 0.15) is 12.0 Å². The van der Waals surface area contributed by atoms with Crippen LogP contribution in [0.5, 0.6) is 0 Å². The lowest BCUT2D eigenvalue weighted by atomic mass is 10.3. The molecule has 1 atom stereocenters. The monoisotopic (exact) mass is 328 g/mol. The van der Waals surface area contributed by atoms with E-state index in [4.69, 9.17) is 9.15 Å². The van der Waals surface area contributed by atoms with Gasteiger partial charge in [0.05, 0.1) is 19.1 Å². The Bertz CT molecular complexity index is 821. The maximum Gasteiger partial charge on any atom is 0.228 e. The molecule has 126 valence electrons. The number of furan rings is 1. The van der Waals surface area contributed by atoms with Crippen molar-refractivity contribution >= 4 is 22.9 Å². The van der Waals surface area contributed by atoms with Crippen molar-refractivity contribution in [3.63, 3.8) is 0 Å². The van der Waals surface area contributed by atoms with Crippen LogP contribution in [0.25, 0.3) is 11.2 Å². The lowest BCUT2D eigenvalue weighted by Gasteiger charge is -2.15. The van der Waals surface area contributed by atoms with Crippen molar-refractivity contribution in [1.29, 1.82) is 0 Å². The van der Waals surface area contributed by atoms with E-state index in [2.05, 4.69) is 20.3 Å². The molecule has 24 heavy (non-hydrogen) atoms. The van der Waals surface area contributed by atoms with E-state index in [-0.39, 0.29) is 6.23 Å². The number of imidazole rings is 1. The number of rotatable bonds is 5. The highest BCUT2D eigenvalue weighted by atomic mass is 16.5. The summed E-state index contributed by atoms with van der Waals surface area (Å²) >= 11 is 0. The number of nitrogens with one attached hydrogen (secondary N) is 1. The minimum Gasteiger partial charge on any atom is -0.467 e. The second-order valence-electron chi connectivity index (χ2n) is 5.99.